The molecule has 0 aliphatic heterocycles. The van der Waals surface area contributed by atoms with Crippen molar-refractivity contribution in [3.8, 4) is 5.75 Å². The highest BCUT2D eigenvalue weighted by molar-refractivity contribution is 5.97. The first-order valence-electron chi connectivity index (χ1n) is 12.6. The molecule has 37 heavy (non-hydrogen) atoms. The Balaban J connectivity index is 1.69. The second-order valence-electron chi connectivity index (χ2n) is 10.5. The summed E-state index contributed by atoms with van der Waals surface area (Å²) >= 11 is 0. The van der Waals surface area contributed by atoms with Crippen molar-refractivity contribution >= 4 is 22.7 Å². The molecule has 0 unspecified atom stereocenters. The Bertz CT molecular complexity index is 1440. The van der Waals surface area contributed by atoms with E-state index in [2.05, 4.69) is 39.8 Å². The molecule has 5 heteroatoms. The molecule has 2 aromatic rings. The first kappa shape index (κ1) is 27.9. The quantitative estimate of drug-likeness (QED) is 0.0971. The van der Waals surface area contributed by atoms with E-state index >= 15 is 0 Å². The minimum atomic E-state index is -0.708. The van der Waals surface area contributed by atoms with Gasteiger partial charge in [-0.05, 0) is 88.6 Å². The van der Waals surface area contributed by atoms with Crippen LogP contribution < -0.4 is 10.4 Å². The van der Waals surface area contributed by atoms with E-state index in [4.69, 9.17) is 9.15 Å². The van der Waals surface area contributed by atoms with Gasteiger partial charge in [0.05, 0.1) is 0 Å². The minimum absolute atomic E-state index is 0.00760. The number of carbonyl (C=O) groups excluding carboxylic acids is 2. The number of hydrogen-bond acceptors (Lipinski definition) is 5. The fourth-order valence-corrected chi connectivity index (χ4v) is 4.67. The molecule has 0 amide bonds. The second kappa shape index (κ2) is 11.5. The molecule has 5 nitrogen and oxygen atoms in total. The summed E-state index contributed by atoms with van der Waals surface area (Å²) in [7, 11) is 0. The molecular formula is C32H36O5. The van der Waals surface area contributed by atoms with Gasteiger partial charge >= 0.3 is 11.6 Å². The van der Waals surface area contributed by atoms with E-state index in [9.17, 15) is 14.4 Å². The Hall–Kier alpha value is -3.73. The van der Waals surface area contributed by atoms with Crippen LogP contribution in [0.15, 0.2) is 86.2 Å². The minimum Gasteiger partial charge on any atom is -0.423 e. The van der Waals surface area contributed by atoms with Crippen molar-refractivity contribution in [1.29, 1.82) is 0 Å². The number of hydrogen-bond donors (Lipinski definition) is 0. The second-order valence-corrected chi connectivity index (χ2v) is 10.5. The van der Waals surface area contributed by atoms with Gasteiger partial charge in [0, 0.05) is 17.0 Å². The summed E-state index contributed by atoms with van der Waals surface area (Å²) in [5.74, 6) is -0.602. The zero-order chi connectivity index (χ0) is 27.3. The standard InChI is InChI=1S/C32H36O5/c1-20(13-15-27-22(3)12-9-17-32(27,6)7)10-8-11-21(2)18-29(34)36-28-16-14-25-19-26(24(5)33)31(35)37-30(25)23(28)4/h8,10-11,13-16,18-19H,9,12,17H2,1-7H3/b11-8+,15-13+,20-10+,21-18+. The molecule has 0 radical (unpaired) electrons. The zero-order valence-electron chi connectivity index (χ0n) is 22.9. The molecular weight excluding hydrogens is 464 g/mol. The number of benzene rings is 1. The molecule has 1 heterocycles. The summed E-state index contributed by atoms with van der Waals surface area (Å²) in [6.07, 6.45) is 15.2. The Kier molecular flexibility index (Phi) is 8.69. The summed E-state index contributed by atoms with van der Waals surface area (Å²) in [6, 6.07) is 4.78. The third-order valence-corrected chi connectivity index (χ3v) is 6.81. The fraction of sp³-hybridized carbons (Fsp3) is 0.344. The Morgan fingerprint density at radius 3 is 2.46 bits per heavy atom. The van der Waals surface area contributed by atoms with Crippen LogP contribution in [0.1, 0.15) is 76.7 Å². The summed E-state index contributed by atoms with van der Waals surface area (Å²) in [4.78, 5) is 36.2. The van der Waals surface area contributed by atoms with Gasteiger partial charge in [0.25, 0.3) is 0 Å². The summed E-state index contributed by atoms with van der Waals surface area (Å²) in [5.41, 5.74) is 5.05. The number of esters is 1. The van der Waals surface area contributed by atoms with Gasteiger partial charge < -0.3 is 9.15 Å². The molecule has 0 saturated heterocycles. The molecule has 0 bridgehead atoms. The highest BCUT2D eigenvalue weighted by atomic mass is 16.5. The van der Waals surface area contributed by atoms with Gasteiger partial charge in [-0.2, -0.15) is 0 Å². The van der Waals surface area contributed by atoms with Crippen molar-refractivity contribution in [1.82, 2.24) is 0 Å². The molecule has 1 aromatic heterocycles. The lowest BCUT2D eigenvalue weighted by Crippen LogP contribution is -2.19. The summed E-state index contributed by atoms with van der Waals surface area (Å²) in [6.45, 7) is 13.7. The van der Waals surface area contributed by atoms with E-state index in [1.165, 1.54) is 49.5 Å². The Morgan fingerprint density at radius 1 is 1.05 bits per heavy atom. The van der Waals surface area contributed by atoms with Crippen LogP contribution in [0.2, 0.25) is 0 Å². The van der Waals surface area contributed by atoms with Gasteiger partial charge in [-0.25, -0.2) is 9.59 Å². The number of carbonyl (C=O) groups is 2. The lowest BCUT2D eigenvalue weighted by atomic mass is 9.72. The van der Waals surface area contributed by atoms with Crippen LogP contribution in [-0.4, -0.2) is 11.8 Å². The molecule has 0 atom stereocenters. The van der Waals surface area contributed by atoms with E-state index in [0.29, 0.717) is 16.7 Å². The molecule has 3 rings (SSSR count). The summed E-state index contributed by atoms with van der Waals surface area (Å²) < 4.78 is 10.8. The van der Waals surface area contributed by atoms with Crippen molar-refractivity contribution in [2.45, 2.75) is 67.7 Å². The largest absolute Gasteiger partial charge is 0.423 e. The maximum atomic E-state index is 12.5. The zero-order valence-corrected chi connectivity index (χ0v) is 22.9. The fourth-order valence-electron chi connectivity index (χ4n) is 4.67. The molecule has 1 aliphatic rings. The maximum absolute atomic E-state index is 12.5. The SMILES string of the molecule is CC(=O)c1cc2ccc(OC(=O)/C=C(C)/C=C/C=C(C)/C=C/C3=C(C)CCCC3(C)C)c(C)c2oc1=O. The van der Waals surface area contributed by atoms with Crippen molar-refractivity contribution in [3.63, 3.8) is 0 Å². The normalized spacial score (nSPS) is 16.7. The van der Waals surface area contributed by atoms with E-state index in [1.807, 2.05) is 25.2 Å². The molecule has 0 fully saturated rings. The smallest absolute Gasteiger partial charge is 0.347 e. The van der Waals surface area contributed by atoms with E-state index in [1.54, 1.807) is 19.1 Å². The molecule has 194 valence electrons. The molecule has 0 N–H and O–H groups in total. The average Bonchev–Trinajstić information content (AvgIpc) is 2.80. The van der Waals surface area contributed by atoms with Gasteiger partial charge in [-0.15, -0.1) is 0 Å². The number of fused-ring (bicyclic) bond motifs is 1. The lowest BCUT2D eigenvalue weighted by molar-refractivity contribution is -0.129. The molecule has 1 aliphatic carbocycles. The number of ether oxygens (including phenoxy) is 1. The van der Waals surface area contributed by atoms with Crippen molar-refractivity contribution in [2.75, 3.05) is 0 Å². The highest BCUT2D eigenvalue weighted by Crippen LogP contribution is 2.40. The highest BCUT2D eigenvalue weighted by Gasteiger charge is 2.26. The van der Waals surface area contributed by atoms with Crippen LogP contribution in [0.25, 0.3) is 11.0 Å². The monoisotopic (exact) mass is 500 g/mol. The van der Waals surface area contributed by atoms with Crippen molar-refractivity contribution < 1.29 is 18.7 Å². The van der Waals surface area contributed by atoms with Gasteiger partial charge in [-0.3, -0.25) is 4.79 Å². The van der Waals surface area contributed by atoms with Crippen LogP contribution in [-0.2, 0) is 4.79 Å². The maximum Gasteiger partial charge on any atom is 0.347 e. The van der Waals surface area contributed by atoms with Crippen molar-refractivity contribution in [2.24, 2.45) is 5.41 Å². The van der Waals surface area contributed by atoms with Crippen LogP contribution in [0.4, 0.5) is 0 Å². The van der Waals surface area contributed by atoms with Gasteiger partial charge in [-0.1, -0.05) is 55.4 Å². The van der Waals surface area contributed by atoms with E-state index in [-0.39, 0.29) is 22.3 Å². The average molecular weight is 501 g/mol. The van der Waals surface area contributed by atoms with Crippen LogP contribution in [0.5, 0.6) is 5.75 Å². The third kappa shape index (κ3) is 6.94. The van der Waals surface area contributed by atoms with E-state index < -0.39 is 11.6 Å². The number of rotatable bonds is 7. The predicted molar refractivity (Wildman–Crippen MR) is 149 cm³/mol. The number of Topliss-reactive ketones (excluding diaryl/α,β-unsaturated/α-hetero) is 1. The lowest BCUT2D eigenvalue weighted by Gasteiger charge is -2.32. The first-order valence-corrected chi connectivity index (χ1v) is 12.6. The first-order chi connectivity index (χ1) is 17.4. The molecule has 0 spiro atoms. The van der Waals surface area contributed by atoms with Gasteiger partial charge in [0.15, 0.2) is 5.78 Å². The predicted octanol–water partition coefficient (Wildman–Crippen LogP) is 7.74. The number of aryl methyl sites for hydroxylation is 1. The van der Waals surface area contributed by atoms with Gasteiger partial charge in [0.2, 0.25) is 0 Å². The van der Waals surface area contributed by atoms with Gasteiger partial charge in [0.1, 0.15) is 16.9 Å². The van der Waals surface area contributed by atoms with Crippen LogP contribution >= 0.6 is 0 Å². The summed E-state index contributed by atoms with van der Waals surface area (Å²) in [5, 5.41) is 0.589. The van der Waals surface area contributed by atoms with Crippen molar-refractivity contribution in [3.05, 3.63) is 98.5 Å². The number of ketones is 1. The Morgan fingerprint density at radius 2 is 1.78 bits per heavy atom. The van der Waals surface area contributed by atoms with E-state index in [0.717, 1.165) is 11.1 Å². The molecule has 0 saturated carbocycles. The number of allylic oxidation sites excluding steroid dienone is 9. The third-order valence-electron chi connectivity index (χ3n) is 6.81. The topological polar surface area (TPSA) is 73.6 Å². The van der Waals surface area contributed by atoms with Crippen LogP contribution in [0, 0.1) is 12.3 Å². The van der Waals surface area contributed by atoms with Crippen LogP contribution in [0.3, 0.4) is 0 Å². The molecule has 1 aromatic carbocycles. The Labute approximate surface area is 218 Å².